The number of nitrogens with zero attached hydrogens (tertiary/aromatic N) is 2. The highest BCUT2D eigenvalue weighted by atomic mass is 16.5. The summed E-state index contributed by atoms with van der Waals surface area (Å²) in [5, 5.41) is 8.98. The lowest BCUT2D eigenvalue weighted by Gasteiger charge is -2.36. The average Bonchev–Trinajstić information content (AvgIpc) is 2.47. The molecule has 0 unspecified atom stereocenters. The minimum atomic E-state index is -0.817. The van der Waals surface area contributed by atoms with E-state index < -0.39 is 6.09 Å². The van der Waals surface area contributed by atoms with Crippen LogP contribution in [0.4, 0.5) is 10.5 Å². The van der Waals surface area contributed by atoms with Crippen molar-refractivity contribution in [2.75, 3.05) is 37.7 Å². The zero-order valence-electron chi connectivity index (χ0n) is 10.8. The van der Waals surface area contributed by atoms with E-state index in [4.69, 9.17) is 9.84 Å². The second-order valence-corrected chi connectivity index (χ2v) is 4.97. The van der Waals surface area contributed by atoms with Crippen LogP contribution in [0.25, 0.3) is 0 Å². The van der Waals surface area contributed by atoms with Gasteiger partial charge < -0.3 is 19.6 Å². The van der Waals surface area contributed by atoms with Crippen molar-refractivity contribution in [1.82, 2.24) is 4.90 Å². The molecule has 0 bridgehead atoms. The summed E-state index contributed by atoms with van der Waals surface area (Å²) in [6.45, 7) is 4.16. The van der Waals surface area contributed by atoms with Gasteiger partial charge in [-0.25, -0.2) is 4.79 Å². The first-order valence-corrected chi connectivity index (χ1v) is 6.67. The third kappa shape index (κ3) is 2.38. The van der Waals surface area contributed by atoms with E-state index in [1.807, 2.05) is 0 Å². The molecule has 19 heavy (non-hydrogen) atoms. The standard InChI is InChI=1S/C14H18N2O3/c17-14(18)16-7-5-15(6-8-16)13-3-1-2-11-10-19-9-4-12(11)13/h1-3H,4-10H2,(H,17,18). The Morgan fingerprint density at radius 1 is 1.21 bits per heavy atom. The minimum Gasteiger partial charge on any atom is -0.465 e. The number of benzene rings is 1. The molecule has 102 valence electrons. The number of anilines is 1. The predicted octanol–water partition coefficient (Wildman–Crippen LogP) is 1.56. The van der Waals surface area contributed by atoms with Crippen LogP contribution in [0.15, 0.2) is 18.2 Å². The second-order valence-electron chi connectivity index (χ2n) is 4.97. The van der Waals surface area contributed by atoms with Gasteiger partial charge in [0.15, 0.2) is 0 Å². The molecule has 2 heterocycles. The van der Waals surface area contributed by atoms with Crippen molar-refractivity contribution >= 4 is 11.8 Å². The van der Waals surface area contributed by atoms with Crippen LogP contribution < -0.4 is 4.90 Å². The van der Waals surface area contributed by atoms with Crippen molar-refractivity contribution in [2.24, 2.45) is 0 Å². The van der Waals surface area contributed by atoms with E-state index in [2.05, 4.69) is 23.1 Å². The topological polar surface area (TPSA) is 53.0 Å². The van der Waals surface area contributed by atoms with Gasteiger partial charge in [-0.05, 0) is 23.6 Å². The van der Waals surface area contributed by atoms with Gasteiger partial charge >= 0.3 is 6.09 Å². The first-order chi connectivity index (χ1) is 9.25. The molecule has 0 aromatic heterocycles. The van der Waals surface area contributed by atoms with Crippen LogP contribution in [0.5, 0.6) is 0 Å². The third-order valence-electron chi connectivity index (χ3n) is 3.89. The zero-order valence-corrected chi connectivity index (χ0v) is 10.8. The van der Waals surface area contributed by atoms with Crippen LogP contribution in [-0.4, -0.2) is 48.9 Å². The molecule has 1 fully saturated rings. The Balaban J connectivity index is 1.78. The van der Waals surface area contributed by atoms with Crippen LogP contribution in [0.2, 0.25) is 0 Å². The molecule has 1 aromatic carbocycles. The smallest absolute Gasteiger partial charge is 0.407 e. The third-order valence-corrected chi connectivity index (χ3v) is 3.89. The van der Waals surface area contributed by atoms with Gasteiger partial charge in [-0.2, -0.15) is 0 Å². The lowest BCUT2D eigenvalue weighted by molar-refractivity contribution is 0.111. The largest absolute Gasteiger partial charge is 0.465 e. The van der Waals surface area contributed by atoms with E-state index in [0.717, 1.165) is 26.1 Å². The lowest BCUT2D eigenvalue weighted by Crippen LogP contribution is -2.48. The highest BCUT2D eigenvalue weighted by Gasteiger charge is 2.23. The van der Waals surface area contributed by atoms with Gasteiger partial charge in [-0.15, -0.1) is 0 Å². The van der Waals surface area contributed by atoms with E-state index in [1.54, 1.807) is 0 Å². The van der Waals surface area contributed by atoms with Crippen molar-refractivity contribution in [3.05, 3.63) is 29.3 Å². The Hall–Kier alpha value is -1.75. The maximum atomic E-state index is 10.9. The molecule has 0 radical (unpaired) electrons. The minimum absolute atomic E-state index is 0.579. The van der Waals surface area contributed by atoms with E-state index >= 15 is 0 Å². The highest BCUT2D eigenvalue weighted by Crippen LogP contribution is 2.28. The quantitative estimate of drug-likeness (QED) is 0.834. The Morgan fingerprint density at radius 3 is 2.74 bits per heavy atom. The van der Waals surface area contributed by atoms with Gasteiger partial charge in [-0.1, -0.05) is 12.1 Å². The van der Waals surface area contributed by atoms with Crippen LogP contribution in [-0.2, 0) is 17.8 Å². The van der Waals surface area contributed by atoms with Gasteiger partial charge in [0.05, 0.1) is 13.2 Å². The van der Waals surface area contributed by atoms with Crippen LogP contribution in [0.3, 0.4) is 0 Å². The molecule has 1 amide bonds. The Bertz CT molecular complexity index is 482. The fourth-order valence-electron chi connectivity index (χ4n) is 2.84. The van der Waals surface area contributed by atoms with Crippen LogP contribution >= 0.6 is 0 Å². The van der Waals surface area contributed by atoms with Gasteiger partial charge in [0.1, 0.15) is 0 Å². The SMILES string of the molecule is O=C(O)N1CCN(c2cccc3c2CCOC3)CC1. The van der Waals surface area contributed by atoms with E-state index in [9.17, 15) is 4.79 Å². The molecule has 2 aliphatic rings. The number of carboxylic acid groups (broad SMARTS) is 1. The van der Waals surface area contributed by atoms with Crippen molar-refractivity contribution in [2.45, 2.75) is 13.0 Å². The molecule has 1 aromatic rings. The molecule has 1 saturated heterocycles. The van der Waals surface area contributed by atoms with Gasteiger partial charge in [-0.3, -0.25) is 0 Å². The Kier molecular flexibility index (Phi) is 3.29. The Morgan fingerprint density at radius 2 is 2.00 bits per heavy atom. The summed E-state index contributed by atoms with van der Waals surface area (Å²) in [5.41, 5.74) is 3.90. The summed E-state index contributed by atoms with van der Waals surface area (Å²) in [6, 6.07) is 6.32. The summed E-state index contributed by atoms with van der Waals surface area (Å²) in [5.74, 6) is 0. The number of amides is 1. The maximum absolute atomic E-state index is 10.9. The summed E-state index contributed by atoms with van der Waals surface area (Å²) in [6.07, 6.45) is 0.133. The number of ether oxygens (including phenoxy) is 1. The number of carbonyl (C=O) groups is 1. The van der Waals surface area contributed by atoms with Crippen molar-refractivity contribution in [3.63, 3.8) is 0 Å². The molecular weight excluding hydrogens is 244 g/mol. The number of rotatable bonds is 1. The zero-order chi connectivity index (χ0) is 13.2. The maximum Gasteiger partial charge on any atom is 0.407 e. The molecule has 0 atom stereocenters. The summed E-state index contributed by atoms with van der Waals surface area (Å²) >= 11 is 0. The number of piperazine rings is 1. The molecule has 5 nitrogen and oxygen atoms in total. The van der Waals surface area contributed by atoms with E-state index in [1.165, 1.54) is 21.7 Å². The fourth-order valence-corrected chi connectivity index (χ4v) is 2.84. The molecule has 1 N–H and O–H groups in total. The highest BCUT2D eigenvalue weighted by molar-refractivity contribution is 5.66. The number of hydrogen-bond acceptors (Lipinski definition) is 3. The molecule has 0 spiro atoms. The van der Waals surface area contributed by atoms with Crippen molar-refractivity contribution in [3.8, 4) is 0 Å². The lowest BCUT2D eigenvalue weighted by atomic mass is 10.00. The van der Waals surface area contributed by atoms with Gasteiger partial charge in [0.2, 0.25) is 0 Å². The normalized spacial score (nSPS) is 19.2. The molecule has 3 rings (SSSR count). The average molecular weight is 262 g/mol. The molecule has 0 aliphatic carbocycles. The van der Waals surface area contributed by atoms with E-state index in [-0.39, 0.29) is 0 Å². The number of fused-ring (bicyclic) bond motifs is 1. The molecule has 0 saturated carbocycles. The molecular formula is C14H18N2O3. The summed E-state index contributed by atoms with van der Waals surface area (Å²) in [4.78, 5) is 14.7. The first kappa shape index (κ1) is 12.3. The first-order valence-electron chi connectivity index (χ1n) is 6.67. The summed E-state index contributed by atoms with van der Waals surface area (Å²) < 4.78 is 5.48. The predicted molar refractivity (Wildman–Crippen MR) is 71.6 cm³/mol. The van der Waals surface area contributed by atoms with Crippen molar-refractivity contribution in [1.29, 1.82) is 0 Å². The molecule has 5 heteroatoms. The van der Waals surface area contributed by atoms with Gasteiger partial charge in [0, 0.05) is 31.9 Å². The summed E-state index contributed by atoms with van der Waals surface area (Å²) in [7, 11) is 0. The number of hydrogen-bond donors (Lipinski definition) is 1. The second kappa shape index (κ2) is 5.09. The van der Waals surface area contributed by atoms with Gasteiger partial charge in [0.25, 0.3) is 0 Å². The molecule has 2 aliphatic heterocycles. The van der Waals surface area contributed by atoms with E-state index in [0.29, 0.717) is 19.7 Å². The monoisotopic (exact) mass is 262 g/mol. The van der Waals surface area contributed by atoms with Crippen LogP contribution in [0.1, 0.15) is 11.1 Å². The van der Waals surface area contributed by atoms with Crippen LogP contribution in [0, 0.1) is 0 Å². The Labute approximate surface area is 112 Å². The fraction of sp³-hybridized carbons (Fsp3) is 0.500. The van der Waals surface area contributed by atoms with Crippen molar-refractivity contribution < 1.29 is 14.6 Å².